The van der Waals surface area contributed by atoms with Crippen molar-refractivity contribution in [3.05, 3.63) is 47.5 Å². The Balaban J connectivity index is 1.23. The van der Waals surface area contributed by atoms with Crippen LogP contribution in [0.2, 0.25) is 0 Å². The number of carboxylic acids is 1. The second-order valence-electron chi connectivity index (χ2n) is 13.1. The number of allylic oxidation sites excluding steroid dienone is 2. The van der Waals surface area contributed by atoms with Crippen LogP contribution in [-0.2, 0) is 25.6 Å². The van der Waals surface area contributed by atoms with Gasteiger partial charge >= 0.3 is 5.97 Å². The number of carboxylic acid groups (broad SMARTS) is 1. The molecule has 3 saturated carbocycles. The maximum absolute atomic E-state index is 12.6. The fourth-order valence-electron chi connectivity index (χ4n) is 8.82. The number of carbonyl (C=O) groups excluding carboxylic acids is 2. The molecule has 1 aromatic carbocycles. The van der Waals surface area contributed by atoms with Crippen LogP contribution >= 0.6 is 0 Å². The van der Waals surface area contributed by atoms with E-state index >= 15 is 0 Å². The highest BCUT2D eigenvalue weighted by Gasteiger charge is 2.68. The van der Waals surface area contributed by atoms with Gasteiger partial charge < -0.3 is 30.6 Å². The van der Waals surface area contributed by atoms with Gasteiger partial charge in [0.25, 0.3) is 5.91 Å². The Morgan fingerprint density at radius 2 is 1.86 bits per heavy atom. The summed E-state index contributed by atoms with van der Waals surface area (Å²) in [5, 5.41) is 48.7. The average molecular weight is 583 g/mol. The lowest BCUT2D eigenvalue weighted by Crippen LogP contribution is -2.62. The second-order valence-corrected chi connectivity index (χ2v) is 13.1. The Labute approximate surface area is 245 Å². The van der Waals surface area contributed by atoms with Crippen LogP contribution < -0.4 is 5.32 Å². The molecule has 0 aromatic heterocycles. The molecule has 228 valence electrons. The number of carbonyl (C=O) groups is 3. The van der Waals surface area contributed by atoms with Gasteiger partial charge in [-0.3, -0.25) is 9.59 Å². The highest BCUT2D eigenvalue weighted by molar-refractivity contribution is 5.96. The van der Waals surface area contributed by atoms with Crippen LogP contribution in [-0.4, -0.2) is 74.8 Å². The standard InChI is InChI=1S/C32H42N2O8/c1-30-12-10-21(34-42-18-27(38)33-24(29(39)40)14-19-6-4-3-5-7-19)15-20(30)8-9-22-23-11-13-32(41,26(37)17-35)31(23,2)16-25(36)28(22)30/h3-7,15,22-25,28,35-36,41H,8-14,16-18H2,1-2H3,(H,33,38)(H,39,40)/b34-21-/t22?,23?,24?,25?,28?,30-,31-,32-/m0/s1. The number of nitrogens with zero attached hydrogens (tertiary/aromatic N) is 1. The van der Waals surface area contributed by atoms with E-state index in [0.29, 0.717) is 31.4 Å². The summed E-state index contributed by atoms with van der Waals surface area (Å²) < 4.78 is 0. The summed E-state index contributed by atoms with van der Waals surface area (Å²) in [5.41, 5.74) is 0.0184. The van der Waals surface area contributed by atoms with Crippen LogP contribution in [0.4, 0.5) is 0 Å². The van der Waals surface area contributed by atoms with Gasteiger partial charge in [-0.1, -0.05) is 54.9 Å². The molecule has 8 atom stereocenters. The molecule has 4 aliphatic carbocycles. The summed E-state index contributed by atoms with van der Waals surface area (Å²) in [6, 6.07) is 7.99. The van der Waals surface area contributed by atoms with Crippen molar-refractivity contribution < 1.29 is 39.6 Å². The fourth-order valence-corrected chi connectivity index (χ4v) is 8.82. The van der Waals surface area contributed by atoms with Gasteiger partial charge in [-0.05, 0) is 79.8 Å². The van der Waals surface area contributed by atoms with Gasteiger partial charge in [0.1, 0.15) is 18.2 Å². The van der Waals surface area contributed by atoms with Gasteiger partial charge in [0, 0.05) is 11.8 Å². The normalized spacial score (nSPS) is 37.1. The first-order valence-corrected chi connectivity index (χ1v) is 14.9. The highest BCUT2D eigenvalue weighted by atomic mass is 16.6. The van der Waals surface area contributed by atoms with Gasteiger partial charge in [0.15, 0.2) is 12.4 Å². The van der Waals surface area contributed by atoms with Crippen molar-refractivity contribution in [3.8, 4) is 0 Å². The summed E-state index contributed by atoms with van der Waals surface area (Å²) in [4.78, 5) is 42.0. The summed E-state index contributed by atoms with van der Waals surface area (Å²) in [6.45, 7) is 2.99. The Kier molecular flexibility index (Phi) is 8.35. The third-order valence-electron chi connectivity index (χ3n) is 11.0. The van der Waals surface area contributed by atoms with Crippen LogP contribution in [0.3, 0.4) is 0 Å². The average Bonchev–Trinajstić information content (AvgIpc) is 3.23. The number of Topliss-reactive ketones (excluding diaryl/α,β-unsaturated/α-hetero) is 1. The van der Waals surface area contributed by atoms with Crippen molar-refractivity contribution in [2.75, 3.05) is 13.2 Å². The van der Waals surface area contributed by atoms with E-state index in [2.05, 4.69) is 17.4 Å². The molecule has 0 spiro atoms. The van der Waals surface area contributed by atoms with Gasteiger partial charge in [0.05, 0.1) is 11.8 Å². The predicted octanol–water partition coefficient (Wildman–Crippen LogP) is 2.40. The molecule has 0 saturated heterocycles. The Morgan fingerprint density at radius 1 is 1.12 bits per heavy atom. The number of ketones is 1. The maximum Gasteiger partial charge on any atom is 0.326 e. The zero-order chi connectivity index (χ0) is 30.3. The first kappa shape index (κ1) is 30.4. The number of aliphatic hydroxyl groups is 3. The summed E-state index contributed by atoms with van der Waals surface area (Å²) in [5.74, 6) is -2.04. The van der Waals surface area contributed by atoms with Crippen LogP contribution in [0.25, 0.3) is 0 Å². The van der Waals surface area contributed by atoms with E-state index in [0.717, 1.165) is 24.8 Å². The number of hydrogen-bond acceptors (Lipinski definition) is 8. The van der Waals surface area contributed by atoms with E-state index in [1.54, 1.807) is 12.1 Å². The highest BCUT2D eigenvalue weighted by Crippen LogP contribution is 2.67. The minimum atomic E-state index is -1.61. The predicted molar refractivity (Wildman–Crippen MR) is 153 cm³/mol. The maximum atomic E-state index is 12.6. The van der Waals surface area contributed by atoms with Crippen molar-refractivity contribution in [3.63, 3.8) is 0 Å². The molecule has 0 aliphatic heterocycles. The van der Waals surface area contributed by atoms with Crippen molar-refractivity contribution in [1.29, 1.82) is 0 Å². The number of aliphatic carboxylic acids is 1. The fraction of sp³-hybridized carbons (Fsp3) is 0.625. The molecule has 42 heavy (non-hydrogen) atoms. The van der Waals surface area contributed by atoms with Crippen LogP contribution in [0.1, 0.15) is 64.4 Å². The zero-order valence-corrected chi connectivity index (χ0v) is 24.3. The summed E-state index contributed by atoms with van der Waals surface area (Å²) >= 11 is 0. The van der Waals surface area contributed by atoms with Gasteiger partial charge in [-0.15, -0.1) is 0 Å². The smallest absolute Gasteiger partial charge is 0.326 e. The summed E-state index contributed by atoms with van der Waals surface area (Å²) in [6.07, 6.45) is 5.74. The number of hydrogen-bond donors (Lipinski definition) is 5. The molecule has 10 heteroatoms. The van der Waals surface area contributed by atoms with Gasteiger partial charge in [-0.25, -0.2) is 4.79 Å². The molecule has 10 nitrogen and oxygen atoms in total. The van der Waals surface area contributed by atoms with E-state index in [1.807, 2.05) is 31.2 Å². The first-order valence-electron chi connectivity index (χ1n) is 14.9. The lowest BCUT2D eigenvalue weighted by molar-refractivity contribution is -0.181. The third kappa shape index (κ3) is 5.18. The molecular formula is C32H42N2O8. The molecule has 4 aliphatic rings. The number of nitrogens with one attached hydrogen (secondary N) is 1. The molecular weight excluding hydrogens is 540 g/mol. The van der Waals surface area contributed by atoms with Crippen molar-refractivity contribution in [2.45, 2.75) is 83.0 Å². The van der Waals surface area contributed by atoms with E-state index in [-0.39, 0.29) is 29.6 Å². The van der Waals surface area contributed by atoms with E-state index in [9.17, 15) is 34.8 Å². The van der Waals surface area contributed by atoms with Crippen LogP contribution in [0.15, 0.2) is 47.1 Å². The van der Waals surface area contributed by atoms with Crippen molar-refractivity contribution >= 4 is 23.4 Å². The van der Waals surface area contributed by atoms with Crippen LogP contribution in [0, 0.1) is 28.6 Å². The van der Waals surface area contributed by atoms with E-state index in [1.165, 1.54) is 5.57 Å². The third-order valence-corrected chi connectivity index (χ3v) is 11.0. The molecule has 1 aromatic rings. The number of fused-ring (bicyclic) bond motifs is 5. The first-order chi connectivity index (χ1) is 19.9. The van der Waals surface area contributed by atoms with Crippen molar-refractivity contribution in [1.82, 2.24) is 5.32 Å². The molecule has 3 fully saturated rings. The monoisotopic (exact) mass is 582 g/mol. The largest absolute Gasteiger partial charge is 0.480 e. The number of oxime groups is 1. The Hall–Kier alpha value is -3.08. The molecule has 0 bridgehead atoms. The van der Waals surface area contributed by atoms with Crippen LogP contribution in [0.5, 0.6) is 0 Å². The number of rotatable bonds is 9. The molecule has 5 rings (SSSR count). The molecule has 5 N–H and O–H groups in total. The molecule has 1 amide bonds. The van der Waals surface area contributed by atoms with E-state index in [4.69, 9.17) is 4.84 Å². The van der Waals surface area contributed by atoms with Gasteiger partial charge in [0.2, 0.25) is 0 Å². The van der Waals surface area contributed by atoms with Crippen molar-refractivity contribution in [2.24, 2.45) is 33.7 Å². The molecule has 5 unspecified atom stereocenters. The SMILES string of the molecule is C[C@]12CC/C(=N/OCC(=O)NC(Cc3ccccc3)C(=O)O)C=C1CCC1C2C(O)C[C@@]2(C)C1CC[C@]2(O)C(=O)CO. The number of aliphatic hydroxyl groups excluding tert-OH is 2. The minimum Gasteiger partial charge on any atom is -0.480 e. The number of amides is 1. The topological polar surface area (TPSA) is 166 Å². The van der Waals surface area contributed by atoms with E-state index < -0.39 is 54.0 Å². The van der Waals surface area contributed by atoms with Gasteiger partial charge in [-0.2, -0.15) is 0 Å². The lowest BCUT2D eigenvalue weighted by Gasteiger charge is -2.60. The Bertz CT molecular complexity index is 1280. The quantitative estimate of drug-likeness (QED) is 0.277. The Morgan fingerprint density at radius 3 is 2.55 bits per heavy atom. The lowest BCUT2D eigenvalue weighted by atomic mass is 9.45. The number of benzene rings is 1. The summed E-state index contributed by atoms with van der Waals surface area (Å²) in [7, 11) is 0. The molecule has 0 radical (unpaired) electrons. The second kappa shape index (κ2) is 11.5. The minimum absolute atomic E-state index is 0.0204. The molecule has 0 heterocycles. The zero-order valence-electron chi connectivity index (χ0n) is 24.3.